The van der Waals surface area contributed by atoms with Crippen molar-refractivity contribution in [2.24, 2.45) is 0 Å². The number of rotatable bonds is 7. The van der Waals surface area contributed by atoms with Gasteiger partial charge in [-0.25, -0.2) is 0 Å². The Morgan fingerprint density at radius 1 is 1.33 bits per heavy atom. The molecule has 6 heteroatoms. The summed E-state index contributed by atoms with van der Waals surface area (Å²) < 4.78 is 5.80. The second-order valence-corrected chi connectivity index (χ2v) is 6.30. The van der Waals surface area contributed by atoms with E-state index in [9.17, 15) is 4.79 Å². The number of carbonyl (C=O) groups is 1. The molecule has 0 unspecified atom stereocenters. The van der Waals surface area contributed by atoms with E-state index in [1.165, 1.54) is 16.2 Å². The Morgan fingerprint density at radius 2 is 2.10 bits per heavy atom. The fourth-order valence-electron chi connectivity index (χ4n) is 1.72. The quantitative estimate of drug-likeness (QED) is 0.306. The lowest BCUT2D eigenvalue weighted by Crippen LogP contribution is -2.29. The molecule has 0 heterocycles. The third kappa shape index (κ3) is 7.61. The van der Waals surface area contributed by atoms with E-state index in [0.717, 1.165) is 31.5 Å². The van der Waals surface area contributed by atoms with Gasteiger partial charge in [0.2, 0.25) is 0 Å². The maximum Gasteiger partial charge on any atom is 0.305 e. The van der Waals surface area contributed by atoms with E-state index in [4.69, 9.17) is 12.2 Å². The zero-order chi connectivity index (χ0) is 15.7. The number of benzene rings is 1. The molecule has 0 amide bonds. The smallest absolute Gasteiger partial charge is 0.305 e. The Kier molecular flexibility index (Phi) is 8.60. The molecule has 1 aromatic rings. The monoisotopic (exact) mass is 420 g/mol. The van der Waals surface area contributed by atoms with Gasteiger partial charge in [0.05, 0.1) is 7.11 Å². The first-order valence-corrected chi connectivity index (χ1v) is 8.39. The van der Waals surface area contributed by atoms with Crippen molar-refractivity contribution in [3.05, 3.63) is 27.3 Å². The van der Waals surface area contributed by atoms with Crippen molar-refractivity contribution in [1.29, 1.82) is 0 Å². The third-order valence-electron chi connectivity index (χ3n) is 3.00. The van der Waals surface area contributed by atoms with Gasteiger partial charge in [0.25, 0.3) is 0 Å². The summed E-state index contributed by atoms with van der Waals surface area (Å²) >= 11 is 7.56. The highest BCUT2D eigenvalue weighted by Crippen LogP contribution is 2.16. The van der Waals surface area contributed by atoms with Gasteiger partial charge in [-0.2, -0.15) is 0 Å². The third-order valence-corrected chi connectivity index (χ3v) is 4.41. The molecule has 0 aliphatic carbocycles. The van der Waals surface area contributed by atoms with E-state index in [-0.39, 0.29) is 5.97 Å². The maximum atomic E-state index is 10.9. The van der Waals surface area contributed by atoms with E-state index in [1.54, 1.807) is 0 Å². The van der Waals surface area contributed by atoms with Gasteiger partial charge < -0.3 is 15.4 Å². The van der Waals surface area contributed by atoms with Gasteiger partial charge in [-0.3, -0.25) is 4.79 Å². The Balaban J connectivity index is 2.16. The molecule has 0 aliphatic rings. The number of aryl methyl sites for hydroxylation is 1. The molecule has 0 atom stereocenters. The molecule has 1 aromatic carbocycles. The fourth-order valence-corrected chi connectivity index (χ4v) is 2.46. The van der Waals surface area contributed by atoms with Crippen LogP contribution in [0.4, 0.5) is 5.69 Å². The molecule has 4 nitrogen and oxygen atoms in total. The predicted molar refractivity (Wildman–Crippen MR) is 98.6 cm³/mol. The largest absolute Gasteiger partial charge is 0.469 e. The second-order valence-electron chi connectivity index (χ2n) is 4.73. The number of ether oxygens (including phenoxy) is 1. The van der Waals surface area contributed by atoms with Crippen LogP contribution in [0.1, 0.15) is 31.2 Å². The fraction of sp³-hybridized carbons (Fsp3) is 0.467. The van der Waals surface area contributed by atoms with E-state index in [0.29, 0.717) is 11.5 Å². The number of methoxy groups -OCH3 is 1. The number of unbranched alkanes of at least 4 members (excludes halogenated alkanes) is 2. The minimum Gasteiger partial charge on any atom is -0.469 e. The zero-order valence-corrected chi connectivity index (χ0v) is 15.3. The number of anilines is 1. The Bertz CT molecular complexity index is 495. The van der Waals surface area contributed by atoms with Crippen molar-refractivity contribution in [3.63, 3.8) is 0 Å². The molecular formula is C15H21IN2O2S. The van der Waals surface area contributed by atoms with Gasteiger partial charge >= 0.3 is 5.97 Å². The number of halogens is 1. The maximum absolute atomic E-state index is 10.9. The standard InChI is InChI=1S/C15H21IN2O2S/c1-11-7-8-12(10-13(11)16)18-15(21)17-9-5-3-4-6-14(19)20-2/h7-8,10H,3-6,9H2,1-2H3,(H2,17,18,21). The molecule has 0 aliphatic heterocycles. The lowest BCUT2D eigenvalue weighted by Gasteiger charge is -2.11. The molecule has 2 N–H and O–H groups in total. The van der Waals surface area contributed by atoms with Crippen LogP contribution in [0.3, 0.4) is 0 Å². The SMILES string of the molecule is COC(=O)CCCCCNC(=S)Nc1ccc(C)c(I)c1. The molecule has 116 valence electrons. The van der Waals surface area contributed by atoms with Crippen LogP contribution in [-0.2, 0) is 9.53 Å². The molecule has 1 rings (SSSR count). The lowest BCUT2D eigenvalue weighted by molar-refractivity contribution is -0.140. The number of thiocarbonyl (C=S) groups is 1. The van der Waals surface area contributed by atoms with Crippen LogP contribution in [0.5, 0.6) is 0 Å². The van der Waals surface area contributed by atoms with Crippen LogP contribution < -0.4 is 10.6 Å². The van der Waals surface area contributed by atoms with Crippen LogP contribution in [0.2, 0.25) is 0 Å². The molecule has 0 bridgehead atoms. The lowest BCUT2D eigenvalue weighted by atomic mass is 10.2. The van der Waals surface area contributed by atoms with E-state index in [2.05, 4.69) is 57.0 Å². The number of hydrogen-bond donors (Lipinski definition) is 2. The van der Waals surface area contributed by atoms with Crippen LogP contribution in [0, 0.1) is 10.5 Å². The van der Waals surface area contributed by atoms with E-state index < -0.39 is 0 Å². The summed E-state index contributed by atoms with van der Waals surface area (Å²) in [5.74, 6) is -0.144. The van der Waals surface area contributed by atoms with Gasteiger partial charge in [0, 0.05) is 22.2 Å². The minimum absolute atomic E-state index is 0.144. The predicted octanol–water partition coefficient (Wildman–Crippen LogP) is 3.62. The average molecular weight is 420 g/mol. The average Bonchev–Trinajstić information content (AvgIpc) is 2.46. The Hall–Kier alpha value is -0.890. The van der Waals surface area contributed by atoms with Crippen molar-refractivity contribution >= 4 is 51.6 Å². The summed E-state index contributed by atoms with van der Waals surface area (Å²) in [4.78, 5) is 10.9. The van der Waals surface area contributed by atoms with Gasteiger partial charge in [-0.1, -0.05) is 12.5 Å². The first-order chi connectivity index (χ1) is 10.0. The van der Waals surface area contributed by atoms with Gasteiger partial charge in [-0.05, 0) is 72.3 Å². The number of esters is 1. The highest BCUT2D eigenvalue weighted by Gasteiger charge is 2.01. The van der Waals surface area contributed by atoms with E-state index in [1.807, 2.05) is 6.07 Å². The molecule has 0 aromatic heterocycles. The molecule has 0 radical (unpaired) electrons. The number of nitrogens with one attached hydrogen (secondary N) is 2. The van der Waals surface area contributed by atoms with Gasteiger partial charge in [0.1, 0.15) is 0 Å². The summed E-state index contributed by atoms with van der Waals surface area (Å²) in [6, 6.07) is 6.15. The van der Waals surface area contributed by atoms with Crippen molar-refractivity contribution in [2.45, 2.75) is 32.6 Å². The molecule has 0 fully saturated rings. The summed E-state index contributed by atoms with van der Waals surface area (Å²) in [6.07, 6.45) is 3.29. The first kappa shape index (κ1) is 18.2. The van der Waals surface area contributed by atoms with Crippen LogP contribution >= 0.6 is 34.8 Å². The Morgan fingerprint density at radius 3 is 2.76 bits per heavy atom. The van der Waals surface area contributed by atoms with Gasteiger partial charge in [0.15, 0.2) is 5.11 Å². The van der Waals surface area contributed by atoms with E-state index >= 15 is 0 Å². The minimum atomic E-state index is -0.144. The summed E-state index contributed by atoms with van der Waals surface area (Å²) in [5.41, 5.74) is 2.25. The highest BCUT2D eigenvalue weighted by molar-refractivity contribution is 14.1. The number of carbonyl (C=O) groups excluding carboxylic acids is 1. The van der Waals surface area contributed by atoms with Crippen molar-refractivity contribution in [2.75, 3.05) is 19.0 Å². The molecular weight excluding hydrogens is 399 g/mol. The molecule has 0 spiro atoms. The normalized spacial score (nSPS) is 10.0. The van der Waals surface area contributed by atoms with Gasteiger partial charge in [-0.15, -0.1) is 0 Å². The van der Waals surface area contributed by atoms with Crippen molar-refractivity contribution < 1.29 is 9.53 Å². The summed E-state index contributed by atoms with van der Waals surface area (Å²) in [7, 11) is 1.42. The topological polar surface area (TPSA) is 50.4 Å². The van der Waals surface area contributed by atoms with Crippen molar-refractivity contribution in [3.8, 4) is 0 Å². The first-order valence-electron chi connectivity index (χ1n) is 6.90. The Labute approximate surface area is 145 Å². The van der Waals surface area contributed by atoms with Crippen LogP contribution in [-0.4, -0.2) is 24.7 Å². The van der Waals surface area contributed by atoms with Crippen LogP contribution in [0.15, 0.2) is 18.2 Å². The van der Waals surface area contributed by atoms with Crippen LogP contribution in [0.25, 0.3) is 0 Å². The molecule has 0 saturated carbocycles. The highest BCUT2D eigenvalue weighted by atomic mass is 127. The molecule has 21 heavy (non-hydrogen) atoms. The molecule has 0 saturated heterocycles. The zero-order valence-electron chi connectivity index (χ0n) is 12.4. The second kappa shape index (κ2) is 9.94. The summed E-state index contributed by atoms with van der Waals surface area (Å²) in [6.45, 7) is 2.88. The van der Waals surface area contributed by atoms with Crippen molar-refractivity contribution in [1.82, 2.24) is 5.32 Å². The number of hydrogen-bond acceptors (Lipinski definition) is 3. The summed E-state index contributed by atoms with van der Waals surface area (Å²) in [5, 5.41) is 6.97.